The van der Waals surface area contributed by atoms with Gasteiger partial charge in [-0.05, 0) is 19.4 Å². The molecule has 0 atom stereocenters. The Kier molecular flexibility index (Phi) is 4.73. The molecule has 8 heteroatoms. The molecule has 0 saturated carbocycles. The fraction of sp³-hybridized carbons (Fsp3) is 0.300. The largest absolute Gasteiger partial charge is 0.481 e. The molecule has 0 fully saturated rings. The number of rotatable bonds is 6. The van der Waals surface area contributed by atoms with Crippen molar-refractivity contribution in [2.45, 2.75) is 19.8 Å². The second kappa shape index (κ2) is 6.28. The number of carboxylic acids is 1. The maximum absolute atomic E-state index is 10.4. The van der Waals surface area contributed by atoms with Crippen molar-refractivity contribution in [2.24, 2.45) is 5.10 Å². The van der Waals surface area contributed by atoms with E-state index in [-0.39, 0.29) is 12.1 Å². The summed E-state index contributed by atoms with van der Waals surface area (Å²) in [5, 5.41) is 22.8. The first kappa shape index (κ1) is 13.6. The van der Waals surface area contributed by atoms with Gasteiger partial charge in [-0.3, -0.25) is 20.3 Å². The molecule has 0 radical (unpaired) electrons. The Bertz CT molecular complexity index is 469. The van der Waals surface area contributed by atoms with Crippen LogP contribution >= 0.6 is 0 Å². The van der Waals surface area contributed by atoms with Crippen LogP contribution in [0.2, 0.25) is 0 Å². The van der Waals surface area contributed by atoms with E-state index in [2.05, 4.69) is 15.5 Å². The van der Waals surface area contributed by atoms with Gasteiger partial charge < -0.3 is 5.11 Å². The van der Waals surface area contributed by atoms with Crippen LogP contribution in [0.5, 0.6) is 0 Å². The molecule has 0 bridgehead atoms. The normalized spacial score (nSPS) is 11.1. The molecule has 1 heterocycles. The SMILES string of the molecule is C/C(CCC(=O)O)=N/Nc1ccc([N+](=O)[O-])cn1. The van der Waals surface area contributed by atoms with E-state index in [0.717, 1.165) is 6.20 Å². The van der Waals surface area contributed by atoms with E-state index in [0.29, 0.717) is 18.0 Å². The van der Waals surface area contributed by atoms with E-state index in [1.807, 2.05) is 0 Å². The van der Waals surface area contributed by atoms with Gasteiger partial charge >= 0.3 is 5.97 Å². The molecule has 8 nitrogen and oxygen atoms in total. The minimum atomic E-state index is -0.891. The molecule has 0 aliphatic rings. The Hall–Kier alpha value is -2.51. The van der Waals surface area contributed by atoms with Crippen molar-refractivity contribution < 1.29 is 14.8 Å². The van der Waals surface area contributed by atoms with Crippen molar-refractivity contribution in [3.05, 3.63) is 28.4 Å². The molecule has 0 saturated heterocycles. The second-order valence-corrected chi connectivity index (χ2v) is 3.51. The molecule has 1 aromatic rings. The van der Waals surface area contributed by atoms with Gasteiger partial charge in [-0.15, -0.1) is 0 Å². The minimum Gasteiger partial charge on any atom is -0.481 e. The summed E-state index contributed by atoms with van der Waals surface area (Å²) in [6.45, 7) is 1.68. The second-order valence-electron chi connectivity index (χ2n) is 3.51. The molecular formula is C10H12N4O4. The van der Waals surface area contributed by atoms with Crippen LogP contribution in [0.1, 0.15) is 19.8 Å². The number of anilines is 1. The lowest BCUT2D eigenvalue weighted by molar-refractivity contribution is -0.385. The highest BCUT2D eigenvalue weighted by atomic mass is 16.6. The van der Waals surface area contributed by atoms with Crippen molar-refractivity contribution in [1.82, 2.24) is 4.98 Å². The van der Waals surface area contributed by atoms with Gasteiger partial charge in [0.2, 0.25) is 0 Å². The Morgan fingerprint density at radius 3 is 2.78 bits per heavy atom. The van der Waals surface area contributed by atoms with Crippen LogP contribution in [0.25, 0.3) is 0 Å². The van der Waals surface area contributed by atoms with Gasteiger partial charge in [0.1, 0.15) is 12.0 Å². The van der Waals surface area contributed by atoms with E-state index in [1.54, 1.807) is 6.92 Å². The summed E-state index contributed by atoms with van der Waals surface area (Å²) in [4.78, 5) is 24.0. The lowest BCUT2D eigenvalue weighted by Gasteiger charge is -2.01. The maximum atomic E-state index is 10.4. The maximum Gasteiger partial charge on any atom is 0.303 e. The smallest absolute Gasteiger partial charge is 0.303 e. The summed E-state index contributed by atoms with van der Waals surface area (Å²) in [5.74, 6) is -0.534. The summed E-state index contributed by atoms with van der Waals surface area (Å²) in [7, 11) is 0. The van der Waals surface area contributed by atoms with Gasteiger partial charge in [-0.1, -0.05) is 0 Å². The fourth-order valence-corrected chi connectivity index (χ4v) is 1.06. The Balaban J connectivity index is 2.54. The van der Waals surface area contributed by atoms with E-state index in [4.69, 9.17) is 5.11 Å². The van der Waals surface area contributed by atoms with E-state index >= 15 is 0 Å². The molecule has 0 aliphatic carbocycles. The summed E-state index contributed by atoms with van der Waals surface area (Å²) in [5.41, 5.74) is 3.10. The topological polar surface area (TPSA) is 118 Å². The molecule has 2 N–H and O–H groups in total. The average molecular weight is 252 g/mol. The number of pyridine rings is 1. The van der Waals surface area contributed by atoms with Crippen LogP contribution in [0.4, 0.5) is 11.5 Å². The lowest BCUT2D eigenvalue weighted by atomic mass is 10.2. The van der Waals surface area contributed by atoms with Crippen molar-refractivity contribution in [3.63, 3.8) is 0 Å². The number of carbonyl (C=O) groups is 1. The summed E-state index contributed by atoms with van der Waals surface area (Å²) in [6, 6.07) is 2.73. The first-order chi connectivity index (χ1) is 8.49. The van der Waals surface area contributed by atoms with Crippen LogP contribution < -0.4 is 5.43 Å². The third-order valence-corrected chi connectivity index (χ3v) is 2.02. The molecule has 0 spiro atoms. The predicted octanol–water partition coefficient (Wildman–Crippen LogP) is 1.64. The number of hydrazone groups is 1. The van der Waals surface area contributed by atoms with Gasteiger partial charge in [0.25, 0.3) is 5.69 Å². The number of hydrogen-bond acceptors (Lipinski definition) is 6. The van der Waals surface area contributed by atoms with Gasteiger partial charge in [0, 0.05) is 11.8 Å². The third-order valence-electron chi connectivity index (χ3n) is 2.02. The number of nitrogens with one attached hydrogen (secondary N) is 1. The van der Waals surface area contributed by atoms with Crippen LogP contribution in [0.15, 0.2) is 23.4 Å². The van der Waals surface area contributed by atoms with E-state index in [9.17, 15) is 14.9 Å². The Morgan fingerprint density at radius 2 is 2.28 bits per heavy atom. The predicted molar refractivity (Wildman–Crippen MR) is 64.5 cm³/mol. The Labute approximate surface area is 102 Å². The molecular weight excluding hydrogens is 240 g/mol. The standard InChI is InChI=1S/C10H12N4O4/c1-7(2-5-10(15)16)12-13-9-4-3-8(6-11-9)14(17)18/h3-4,6H,2,5H2,1H3,(H,11,13)(H,15,16)/b12-7-. The summed E-state index contributed by atoms with van der Waals surface area (Å²) < 4.78 is 0. The minimum absolute atomic E-state index is 0.00467. The van der Waals surface area contributed by atoms with Crippen molar-refractivity contribution in [1.29, 1.82) is 0 Å². The van der Waals surface area contributed by atoms with Crippen molar-refractivity contribution in [2.75, 3.05) is 5.43 Å². The summed E-state index contributed by atoms with van der Waals surface area (Å²) >= 11 is 0. The van der Waals surface area contributed by atoms with Gasteiger partial charge in [0.15, 0.2) is 0 Å². The molecule has 0 aromatic carbocycles. The van der Waals surface area contributed by atoms with Crippen molar-refractivity contribution >= 4 is 23.2 Å². The molecule has 96 valence electrons. The molecule has 0 amide bonds. The molecule has 0 aliphatic heterocycles. The van der Waals surface area contributed by atoms with E-state index in [1.165, 1.54) is 12.1 Å². The highest BCUT2D eigenvalue weighted by Crippen LogP contribution is 2.11. The summed E-state index contributed by atoms with van der Waals surface area (Å²) in [6.07, 6.45) is 1.45. The first-order valence-electron chi connectivity index (χ1n) is 5.10. The zero-order valence-electron chi connectivity index (χ0n) is 9.66. The van der Waals surface area contributed by atoms with Crippen LogP contribution in [0.3, 0.4) is 0 Å². The van der Waals surface area contributed by atoms with Crippen LogP contribution in [-0.4, -0.2) is 26.7 Å². The lowest BCUT2D eigenvalue weighted by Crippen LogP contribution is -2.03. The van der Waals surface area contributed by atoms with Crippen LogP contribution in [0, 0.1) is 10.1 Å². The van der Waals surface area contributed by atoms with E-state index < -0.39 is 10.9 Å². The first-order valence-corrected chi connectivity index (χ1v) is 5.10. The van der Waals surface area contributed by atoms with Crippen LogP contribution in [-0.2, 0) is 4.79 Å². The number of nitro groups is 1. The monoisotopic (exact) mass is 252 g/mol. The molecule has 18 heavy (non-hydrogen) atoms. The number of nitrogens with zero attached hydrogens (tertiary/aromatic N) is 3. The molecule has 0 unspecified atom stereocenters. The number of hydrogen-bond donors (Lipinski definition) is 2. The number of aliphatic carboxylic acids is 1. The van der Waals surface area contributed by atoms with Gasteiger partial charge in [0.05, 0.1) is 11.3 Å². The zero-order valence-corrected chi connectivity index (χ0v) is 9.66. The molecule has 1 rings (SSSR count). The number of aromatic nitrogens is 1. The van der Waals surface area contributed by atoms with Crippen molar-refractivity contribution in [3.8, 4) is 0 Å². The quantitative estimate of drug-likeness (QED) is 0.451. The highest BCUT2D eigenvalue weighted by Gasteiger charge is 2.04. The number of carboxylic acid groups (broad SMARTS) is 1. The third kappa shape index (κ3) is 4.56. The fourth-order valence-electron chi connectivity index (χ4n) is 1.06. The van der Waals surface area contributed by atoms with Gasteiger partial charge in [-0.25, -0.2) is 4.98 Å². The highest BCUT2D eigenvalue weighted by molar-refractivity contribution is 5.85. The zero-order chi connectivity index (χ0) is 13.5. The average Bonchev–Trinajstić information content (AvgIpc) is 2.34. The Morgan fingerprint density at radius 1 is 1.56 bits per heavy atom. The van der Waals surface area contributed by atoms with Gasteiger partial charge in [-0.2, -0.15) is 5.10 Å². The molecule has 1 aromatic heterocycles.